The second-order valence-electron chi connectivity index (χ2n) is 7.32. The molecule has 144 valence electrons. The van der Waals surface area contributed by atoms with E-state index in [4.69, 9.17) is 9.84 Å². The van der Waals surface area contributed by atoms with Crippen LogP contribution in [0.5, 0.6) is 0 Å². The van der Waals surface area contributed by atoms with Gasteiger partial charge in [-0.1, -0.05) is 18.2 Å². The van der Waals surface area contributed by atoms with Crippen LogP contribution in [0.25, 0.3) is 5.69 Å². The molecule has 0 unspecified atom stereocenters. The molecule has 1 amide bonds. The number of likely N-dealkylation sites (tertiary alicyclic amines) is 1. The molecule has 0 bridgehead atoms. The number of aromatic nitrogens is 4. The van der Waals surface area contributed by atoms with Crippen LogP contribution in [-0.2, 0) is 16.8 Å². The molecule has 2 N–H and O–H groups in total. The standard InChI is InChI=1S/C20H21N5O3/c26-18(16-12-21-19(27)22-16)24-9-7-20(8-10-24)17-14(6-11-28-20)13-25(23-17)15-4-2-1-3-5-15/h1-5,12-13H,6-11H2,(H2,21,22,27). The highest BCUT2D eigenvalue weighted by Gasteiger charge is 2.44. The maximum atomic E-state index is 12.6. The number of nitrogens with one attached hydrogen (secondary N) is 2. The van der Waals surface area contributed by atoms with Crippen LogP contribution in [0.2, 0.25) is 0 Å². The van der Waals surface area contributed by atoms with Crippen molar-refractivity contribution in [2.24, 2.45) is 0 Å². The minimum atomic E-state index is -0.448. The van der Waals surface area contributed by atoms with Gasteiger partial charge in [0.25, 0.3) is 5.91 Å². The zero-order chi connectivity index (χ0) is 19.1. The van der Waals surface area contributed by atoms with Crippen molar-refractivity contribution in [3.05, 3.63) is 70.2 Å². The van der Waals surface area contributed by atoms with Gasteiger partial charge in [0.2, 0.25) is 0 Å². The molecule has 3 aromatic rings. The molecule has 1 saturated heterocycles. The second-order valence-corrected chi connectivity index (χ2v) is 7.32. The van der Waals surface area contributed by atoms with E-state index in [9.17, 15) is 9.59 Å². The average molecular weight is 379 g/mol. The third-order valence-corrected chi connectivity index (χ3v) is 5.68. The maximum absolute atomic E-state index is 12.6. The van der Waals surface area contributed by atoms with E-state index in [0.29, 0.717) is 38.2 Å². The van der Waals surface area contributed by atoms with E-state index in [-0.39, 0.29) is 11.6 Å². The lowest BCUT2D eigenvalue weighted by Crippen LogP contribution is -2.48. The molecule has 4 heterocycles. The molecule has 8 nitrogen and oxygen atoms in total. The van der Waals surface area contributed by atoms with Gasteiger partial charge in [-0.15, -0.1) is 0 Å². The SMILES string of the molecule is O=C(c1c[nH]c(=O)[nH]1)N1CCC2(CC1)OCCc1cn(-c3ccccc3)nc12. The monoisotopic (exact) mass is 379 g/mol. The van der Waals surface area contributed by atoms with Gasteiger partial charge in [-0.2, -0.15) is 5.10 Å². The van der Waals surface area contributed by atoms with E-state index in [0.717, 1.165) is 17.8 Å². The van der Waals surface area contributed by atoms with Gasteiger partial charge in [0, 0.05) is 25.5 Å². The Bertz CT molecular complexity index is 1060. The number of fused-ring (bicyclic) bond motifs is 2. The zero-order valence-electron chi connectivity index (χ0n) is 15.4. The predicted molar refractivity (Wildman–Crippen MR) is 101 cm³/mol. The number of piperidine rings is 1. The Morgan fingerprint density at radius 1 is 1.18 bits per heavy atom. The lowest BCUT2D eigenvalue weighted by atomic mass is 9.83. The topological polar surface area (TPSA) is 96.0 Å². The molecule has 2 aliphatic heterocycles. The molecular formula is C20H21N5O3. The first-order valence-corrected chi connectivity index (χ1v) is 9.50. The molecule has 2 aromatic heterocycles. The Kier molecular flexibility index (Phi) is 3.94. The van der Waals surface area contributed by atoms with Crippen LogP contribution in [0.4, 0.5) is 0 Å². The number of hydrogen-bond donors (Lipinski definition) is 2. The highest BCUT2D eigenvalue weighted by molar-refractivity contribution is 5.92. The van der Waals surface area contributed by atoms with Crippen LogP contribution in [0.15, 0.2) is 47.5 Å². The van der Waals surface area contributed by atoms with Crippen molar-refractivity contribution in [3.8, 4) is 5.69 Å². The number of nitrogens with zero attached hydrogens (tertiary/aromatic N) is 3. The Hall–Kier alpha value is -3.13. The summed E-state index contributed by atoms with van der Waals surface area (Å²) in [4.78, 5) is 30.6. The molecule has 8 heteroatoms. The van der Waals surface area contributed by atoms with Crippen LogP contribution in [0.1, 0.15) is 34.6 Å². The lowest BCUT2D eigenvalue weighted by Gasteiger charge is -2.42. The maximum Gasteiger partial charge on any atom is 0.323 e. The number of amides is 1. The number of hydrogen-bond acceptors (Lipinski definition) is 4. The summed E-state index contributed by atoms with van der Waals surface area (Å²) < 4.78 is 8.16. The minimum absolute atomic E-state index is 0.168. The number of benzene rings is 1. The van der Waals surface area contributed by atoms with Crippen molar-refractivity contribution in [3.63, 3.8) is 0 Å². The van der Waals surface area contributed by atoms with Crippen molar-refractivity contribution in [1.29, 1.82) is 0 Å². The van der Waals surface area contributed by atoms with Crippen LogP contribution >= 0.6 is 0 Å². The molecular weight excluding hydrogens is 358 g/mol. The smallest absolute Gasteiger partial charge is 0.323 e. The van der Waals surface area contributed by atoms with E-state index in [1.54, 1.807) is 4.90 Å². The molecule has 5 rings (SSSR count). The van der Waals surface area contributed by atoms with E-state index in [1.165, 1.54) is 11.8 Å². The fraction of sp³-hybridized carbons (Fsp3) is 0.350. The number of ether oxygens (including phenoxy) is 1. The summed E-state index contributed by atoms with van der Waals surface area (Å²) in [7, 11) is 0. The number of para-hydroxylation sites is 1. The zero-order valence-corrected chi connectivity index (χ0v) is 15.4. The number of H-pyrrole nitrogens is 2. The molecule has 0 aliphatic carbocycles. The van der Waals surface area contributed by atoms with Gasteiger partial charge in [0.15, 0.2) is 0 Å². The summed E-state index contributed by atoms with van der Waals surface area (Å²) in [6.45, 7) is 1.78. The Morgan fingerprint density at radius 3 is 2.68 bits per heavy atom. The third kappa shape index (κ3) is 2.77. The van der Waals surface area contributed by atoms with Crippen LogP contribution < -0.4 is 5.69 Å². The van der Waals surface area contributed by atoms with Crippen molar-refractivity contribution in [1.82, 2.24) is 24.6 Å². The quantitative estimate of drug-likeness (QED) is 0.707. The summed E-state index contributed by atoms with van der Waals surface area (Å²) in [6.07, 6.45) is 5.73. The first kappa shape index (κ1) is 17.0. The van der Waals surface area contributed by atoms with Gasteiger partial charge in [-0.25, -0.2) is 9.48 Å². The second kappa shape index (κ2) is 6.49. The van der Waals surface area contributed by atoms with Crippen molar-refractivity contribution >= 4 is 5.91 Å². The number of aromatic amines is 2. The highest BCUT2D eigenvalue weighted by Crippen LogP contribution is 2.41. The van der Waals surface area contributed by atoms with Gasteiger partial charge in [-0.05, 0) is 37.0 Å². The van der Waals surface area contributed by atoms with Crippen molar-refractivity contribution in [2.75, 3.05) is 19.7 Å². The molecule has 0 radical (unpaired) electrons. The summed E-state index contributed by atoms with van der Waals surface area (Å²) in [5.41, 5.74) is 2.70. The Morgan fingerprint density at radius 2 is 1.96 bits per heavy atom. The minimum Gasteiger partial charge on any atom is -0.368 e. The number of imidazole rings is 1. The van der Waals surface area contributed by atoms with Crippen LogP contribution in [0, 0.1) is 0 Å². The first-order valence-electron chi connectivity index (χ1n) is 9.50. The molecule has 1 fully saturated rings. The van der Waals surface area contributed by atoms with Gasteiger partial charge in [-0.3, -0.25) is 4.79 Å². The van der Waals surface area contributed by atoms with E-state index < -0.39 is 5.60 Å². The number of rotatable bonds is 2. The van der Waals surface area contributed by atoms with Crippen LogP contribution in [0.3, 0.4) is 0 Å². The molecule has 1 spiro atoms. The van der Waals surface area contributed by atoms with E-state index >= 15 is 0 Å². The van der Waals surface area contributed by atoms with Gasteiger partial charge in [0.1, 0.15) is 11.3 Å². The summed E-state index contributed by atoms with van der Waals surface area (Å²) >= 11 is 0. The van der Waals surface area contributed by atoms with Gasteiger partial charge in [0.05, 0.1) is 18.0 Å². The molecule has 0 saturated carbocycles. The highest BCUT2D eigenvalue weighted by atomic mass is 16.5. The first-order chi connectivity index (χ1) is 13.6. The summed E-state index contributed by atoms with van der Waals surface area (Å²) in [5, 5.41) is 4.87. The molecule has 1 aromatic carbocycles. The van der Waals surface area contributed by atoms with E-state index in [2.05, 4.69) is 16.2 Å². The molecule has 0 atom stereocenters. The number of carbonyl (C=O) groups excluding carboxylic acids is 1. The average Bonchev–Trinajstić information content (AvgIpc) is 3.36. The number of carbonyl (C=O) groups is 1. The molecule has 28 heavy (non-hydrogen) atoms. The van der Waals surface area contributed by atoms with Crippen LogP contribution in [-0.4, -0.2) is 50.3 Å². The summed E-state index contributed by atoms with van der Waals surface area (Å²) in [5.74, 6) is -0.168. The van der Waals surface area contributed by atoms with E-state index in [1.807, 2.05) is 35.0 Å². The van der Waals surface area contributed by atoms with Crippen molar-refractivity contribution < 1.29 is 9.53 Å². The fourth-order valence-corrected chi connectivity index (χ4v) is 4.18. The molecule has 2 aliphatic rings. The predicted octanol–water partition coefficient (Wildman–Crippen LogP) is 1.59. The third-order valence-electron chi connectivity index (χ3n) is 5.68. The normalized spacial score (nSPS) is 18.2. The largest absolute Gasteiger partial charge is 0.368 e. The Labute approximate surface area is 161 Å². The van der Waals surface area contributed by atoms with Crippen molar-refractivity contribution in [2.45, 2.75) is 24.9 Å². The van der Waals surface area contributed by atoms with Gasteiger partial charge < -0.3 is 19.6 Å². The summed E-state index contributed by atoms with van der Waals surface area (Å²) in [6, 6.07) is 10.0. The van der Waals surface area contributed by atoms with Gasteiger partial charge >= 0.3 is 5.69 Å². The Balaban J connectivity index is 1.39. The lowest BCUT2D eigenvalue weighted by molar-refractivity contribution is -0.0963. The fourth-order valence-electron chi connectivity index (χ4n) is 4.18.